The molecule has 2 aromatic heterocycles. The van der Waals surface area contributed by atoms with Crippen molar-refractivity contribution in [2.24, 2.45) is 0 Å². The average molecular weight is 329 g/mol. The molecule has 0 aliphatic heterocycles. The Labute approximate surface area is 139 Å². The van der Waals surface area contributed by atoms with Crippen LogP contribution in [0.15, 0.2) is 42.7 Å². The minimum atomic E-state index is -0.803. The van der Waals surface area contributed by atoms with Crippen LogP contribution in [0.5, 0.6) is 0 Å². The molecule has 0 bridgehead atoms. The van der Waals surface area contributed by atoms with E-state index in [0.717, 1.165) is 17.1 Å². The number of nitrogens with one attached hydrogen (secondary N) is 1. The van der Waals surface area contributed by atoms with Crippen LogP contribution in [0.25, 0.3) is 17.0 Å². The summed E-state index contributed by atoms with van der Waals surface area (Å²) in [7, 11) is 0. The molecule has 0 aliphatic carbocycles. The van der Waals surface area contributed by atoms with E-state index in [1.54, 1.807) is 16.3 Å². The highest BCUT2D eigenvalue weighted by Crippen LogP contribution is 2.22. The number of anilines is 1. The van der Waals surface area contributed by atoms with E-state index in [2.05, 4.69) is 20.4 Å². The molecule has 3 aromatic rings. The lowest BCUT2D eigenvalue weighted by molar-refractivity contribution is 0.0996. The summed E-state index contributed by atoms with van der Waals surface area (Å²) in [5.41, 5.74) is 1.03. The van der Waals surface area contributed by atoms with Crippen LogP contribution in [0.2, 0.25) is 0 Å². The minimum absolute atomic E-state index is 0.418. The lowest BCUT2D eigenvalue weighted by Gasteiger charge is -2.23. The van der Waals surface area contributed by atoms with Gasteiger partial charge in [0.05, 0.1) is 11.3 Å². The third-order valence-electron chi connectivity index (χ3n) is 3.43. The summed E-state index contributed by atoms with van der Waals surface area (Å²) in [4.78, 5) is 8.71. The predicted octanol–water partition coefficient (Wildman–Crippen LogP) is 2.32. The van der Waals surface area contributed by atoms with E-state index in [9.17, 15) is 5.11 Å². The van der Waals surface area contributed by atoms with Gasteiger partial charge in [0.15, 0.2) is 0 Å². The van der Waals surface area contributed by atoms with Gasteiger partial charge in [0.25, 0.3) is 5.78 Å². The maximum atomic E-state index is 10.3. The Bertz CT molecular complexity index is 788. The Balaban J connectivity index is 1.94. The second-order valence-electron chi connectivity index (χ2n) is 5.65. The molecule has 0 spiro atoms. The lowest BCUT2D eigenvalue weighted by Crippen LogP contribution is -2.36. The summed E-state index contributed by atoms with van der Waals surface area (Å²) in [6.45, 7) is 2.23. The van der Waals surface area contributed by atoms with Gasteiger partial charge in [-0.05, 0) is 13.2 Å². The van der Waals surface area contributed by atoms with Gasteiger partial charge in [0, 0.05) is 23.9 Å². The monoisotopic (exact) mass is 329 g/mol. The first-order chi connectivity index (χ1) is 11.1. The van der Waals surface area contributed by atoms with Crippen LogP contribution >= 0.6 is 11.8 Å². The molecule has 0 saturated carbocycles. The summed E-state index contributed by atoms with van der Waals surface area (Å²) in [5, 5.41) is 17.8. The highest BCUT2D eigenvalue weighted by atomic mass is 32.2. The Kier molecular flexibility index (Phi) is 4.49. The number of rotatable bonds is 6. The van der Waals surface area contributed by atoms with Crippen molar-refractivity contribution in [2.45, 2.75) is 12.5 Å². The highest BCUT2D eigenvalue weighted by molar-refractivity contribution is 7.98. The number of benzene rings is 1. The Hall–Kier alpha value is -2.12. The van der Waals surface area contributed by atoms with Crippen molar-refractivity contribution in [3.05, 3.63) is 42.7 Å². The first-order valence-corrected chi connectivity index (χ1v) is 8.70. The standard InChI is InChI=1S/C16H19N5OS/c1-16(22,10-23-2)9-17-14-8-13(12-6-4-3-5-7-12)20-15-18-11-19-21(14)15/h3-8,11,17,22H,9-10H2,1-2H3. The highest BCUT2D eigenvalue weighted by Gasteiger charge is 2.20. The van der Waals surface area contributed by atoms with E-state index in [-0.39, 0.29) is 0 Å². The van der Waals surface area contributed by atoms with Crippen molar-refractivity contribution in [1.82, 2.24) is 19.6 Å². The predicted molar refractivity (Wildman–Crippen MR) is 93.7 cm³/mol. The van der Waals surface area contributed by atoms with E-state index in [1.165, 1.54) is 6.33 Å². The second kappa shape index (κ2) is 6.55. The zero-order chi connectivity index (χ0) is 16.3. The topological polar surface area (TPSA) is 75.3 Å². The van der Waals surface area contributed by atoms with E-state index in [1.807, 2.05) is 49.6 Å². The molecule has 2 heterocycles. The van der Waals surface area contributed by atoms with Gasteiger partial charge in [-0.1, -0.05) is 30.3 Å². The molecular formula is C16H19N5OS. The molecule has 7 heteroatoms. The van der Waals surface area contributed by atoms with Crippen molar-refractivity contribution in [3.8, 4) is 11.3 Å². The van der Waals surface area contributed by atoms with Crippen molar-refractivity contribution >= 4 is 23.4 Å². The summed E-state index contributed by atoms with van der Waals surface area (Å²) in [5.74, 6) is 1.93. The molecule has 0 amide bonds. The Morgan fingerprint density at radius 3 is 2.83 bits per heavy atom. The fourth-order valence-corrected chi connectivity index (χ4v) is 3.06. The maximum absolute atomic E-state index is 10.3. The van der Waals surface area contributed by atoms with Gasteiger partial charge in [-0.3, -0.25) is 0 Å². The van der Waals surface area contributed by atoms with Crippen LogP contribution in [0, 0.1) is 0 Å². The first kappa shape index (κ1) is 15.8. The molecule has 23 heavy (non-hydrogen) atoms. The third kappa shape index (κ3) is 3.62. The number of fused-ring (bicyclic) bond motifs is 1. The molecule has 1 unspecified atom stereocenters. The van der Waals surface area contributed by atoms with E-state index in [0.29, 0.717) is 18.1 Å². The van der Waals surface area contributed by atoms with Crippen LogP contribution in [0.4, 0.5) is 5.82 Å². The number of hydrogen-bond acceptors (Lipinski definition) is 6. The molecule has 120 valence electrons. The summed E-state index contributed by atoms with van der Waals surface area (Å²) >= 11 is 1.61. The summed E-state index contributed by atoms with van der Waals surface area (Å²) < 4.78 is 1.64. The number of nitrogens with zero attached hydrogens (tertiary/aromatic N) is 4. The summed E-state index contributed by atoms with van der Waals surface area (Å²) in [6, 6.07) is 11.8. The smallest absolute Gasteiger partial charge is 0.254 e. The van der Waals surface area contributed by atoms with Crippen molar-refractivity contribution in [1.29, 1.82) is 0 Å². The fourth-order valence-electron chi connectivity index (χ4n) is 2.34. The average Bonchev–Trinajstić information content (AvgIpc) is 3.02. The lowest BCUT2D eigenvalue weighted by atomic mass is 10.1. The van der Waals surface area contributed by atoms with Gasteiger partial charge in [0.2, 0.25) is 0 Å². The SMILES string of the molecule is CSCC(C)(O)CNc1cc(-c2ccccc2)nc2ncnn12. The molecule has 2 N–H and O–H groups in total. The van der Waals surface area contributed by atoms with Gasteiger partial charge in [0.1, 0.15) is 12.1 Å². The molecule has 0 aliphatic rings. The summed E-state index contributed by atoms with van der Waals surface area (Å²) in [6.07, 6.45) is 3.45. The van der Waals surface area contributed by atoms with Crippen molar-refractivity contribution < 1.29 is 5.11 Å². The number of hydrogen-bond donors (Lipinski definition) is 2. The zero-order valence-electron chi connectivity index (χ0n) is 13.1. The van der Waals surface area contributed by atoms with E-state index >= 15 is 0 Å². The van der Waals surface area contributed by atoms with Gasteiger partial charge in [-0.15, -0.1) is 0 Å². The van der Waals surface area contributed by atoms with Gasteiger partial charge in [-0.25, -0.2) is 4.98 Å². The largest absolute Gasteiger partial charge is 0.387 e. The first-order valence-electron chi connectivity index (χ1n) is 7.30. The van der Waals surface area contributed by atoms with Crippen LogP contribution in [-0.4, -0.2) is 48.8 Å². The van der Waals surface area contributed by atoms with Crippen molar-refractivity contribution in [2.75, 3.05) is 23.9 Å². The van der Waals surface area contributed by atoms with Gasteiger partial charge < -0.3 is 10.4 Å². The zero-order valence-corrected chi connectivity index (χ0v) is 13.9. The molecule has 0 fully saturated rings. The van der Waals surface area contributed by atoms with Crippen molar-refractivity contribution in [3.63, 3.8) is 0 Å². The number of aromatic nitrogens is 4. The van der Waals surface area contributed by atoms with E-state index in [4.69, 9.17) is 0 Å². The van der Waals surface area contributed by atoms with Crippen LogP contribution in [0.3, 0.4) is 0 Å². The Morgan fingerprint density at radius 1 is 1.30 bits per heavy atom. The van der Waals surface area contributed by atoms with Gasteiger partial charge in [-0.2, -0.15) is 26.4 Å². The molecule has 0 radical (unpaired) electrons. The molecule has 3 rings (SSSR count). The van der Waals surface area contributed by atoms with Crippen LogP contribution in [-0.2, 0) is 0 Å². The molecule has 1 atom stereocenters. The molecule has 1 aromatic carbocycles. The third-order valence-corrected chi connectivity index (χ3v) is 4.34. The van der Waals surface area contributed by atoms with E-state index < -0.39 is 5.60 Å². The maximum Gasteiger partial charge on any atom is 0.254 e. The molecular weight excluding hydrogens is 310 g/mol. The number of aliphatic hydroxyl groups is 1. The quantitative estimate of drug-likeness (QED) is 0.723. The normalized spacial score (nSPS) is 13.9. The van der Waals surface area contributed by atoms with Gasteiger partial charge >= 0.3 is 0 Å². The fraction of sp³-hybridized carbons (Fsp3) is 0.312. The molecule has 6 nitrogen and oxygen atoms in total. The number of thioether (sulfide) groups is 1. The van der Waals surface area contributed by atoms with Crippen LogP contribution in [0.1, 0.15) is 6.92 Å². The Morgan fingerprint density at radius 2 is 2.09 bits per heavy atom. The van der Waals surface area contributed by atoms with Crippen LogP contribution < -0.4 is 5.32 Å². The minimum Gasteiger partial charge on any atom is -0.387 e. The second-order valence-corrected chi connectivity index (χ2v) is 6.51. The molecule has 0 saturated heterocycles.